The Hall–Kier alpha value is -1.55. The van der Waals surface area contributed by atoms with Crippen molar-refractivity contribution in [3.05, 3.63) is 29.8 Å². The van der Waals surface area contributed by atoms with E-state index in [4.69, 9.17) is 4.74 Å². The van der Waals surface area contributed by atoms with Crippen molar-refractivity contribution in [1.29, 1.82) is 0 Å². The van der Waals surface area contributed by atoms with Gasteiger partial charge in [0.05, 0.1) is 6.61 Å². The normalized spacial score (nSPS) is 11.0. The number of carbonyl (C=O) groups excluding carboxylic acids is 1. The molecule has 0 aliphatic rings. The first-order valence-electron chi connectivity index (χ1n) is 8.33. The van der Waals surface area contributed by atoms with E-state index in [2.05, 4.69) is 37.9 Å². The summed E-state index contributed by atoms with van der Waals surface area (Å²) in [5.41, 5.74) is 0.676. The van der Waals surface area contributed by atoms with Gasteiger partial charge in [-0.15, -0.1) is 0 Å². The molecule has 0 unspecified atom stereocenters. The Bertz CT molecular complexity index is 429. The van der Waals surface area contributed by atoms with Crippen LogP contribution in [0.25, 0.3) is 0 Å². The molecule has 4 nitrogen and oxygen atoms in total. The van der Waals surface area contributed by atoms with Crippen molar-refractivity contribution in [2.24, 2.45) is 0 Å². The lowest BCUT2D eigenvalue weighted by molar-refractivity contribution is 0.0946. The van der Waals surface area contributed by atoms with E-state index in [9.17, 15) is 4.79 Å². The minimum absolute atomic E-state index is 0.0279. The highest BCUT2D eigenvalue weighted by Crippen LogP contribution is 2.12. The second-order valence-electron chi connectivity index (χ2n) is 5.70. The maximum Gasteiger partial charge on any atom is 0.251 e. The molecule has 0 bridgehead atoms. The second kappa shape index (κ2) is 10.2. The fraction of sp³-hybridized carbons (Fsp3) is 0.611. The summed E-state index contributed by atoms with van der Waals surface area (Å²) in [6.45, 7) is 11.9. The molecule has 0 aliphatic heterocycles. The van der Waals surface area contributed by atoms with Gasteiger partial charge in [-0.25, -0.2) is 0 Å². The zero-order valence-electron chi connectivity index (χ0n) is 14.4. The number of nitrogens with zero attached hydrogens (tertiary/aromatic N) is 1. The van der Waals surface area contributed by atoms with Gasteiger partial charge in [0.25, 0.3) is 5.91 Å². The van der Waals surface area contributed by atoms with Crippen molar-refractivity contribution in [2.45, 2.75) is 46.6 Å². The number of hydrogen-bond donors (Lipinski definition) is 1. The number of carbonyl (C=O) groups is 1. The van der Waals surface area contributed by atoms with Gasteiger partial charge < -0.3 is 10.1 Å². The van der Waals surface area contributed by atoms with Crippen LogP contribution in [0.4, 0.5) is 0 Å². The topological polar surface area (TPSA) is 41.6 Å². The minimum atomic E-state index is -0.0279. The Labute approximate surface area is 134 Å². The third kappa shape index (κ3) is 6.48. The quantitative estimate of drug-likeness (QED) is 0.674. The molecule has 1 N–H and O–H groups in total. The first-order chi connectivity index (χ1) is 10.6. The highest BCUT2D eigenvalue weighted by molar-refractivity contribution is 5.94. The highest BCUT2D eigenvalue weighted by atomic mass is 16.5. The number of ether oxygens (including phenoxy) is 1. The monoisotopic (exact) mass is 306 g/mol. The van der Waals surface area contributed by atoms with Gasteiger partial charge in [-0.1, -0.05) is 20.3 Å². The Morgan fingerprint density at radius 3 is 2.45 bits per heavy atom. The molecule has 0 spiro atoms. The van der Waals surface area contributed by atoms with Gasteiger partial charge in [0.15, 0.2) is 0 Å². The average molecular weight is 306 g/mol. The Morgan fingerprint density at radius 1 is 1.23 bits per heavy atom. The summed E-state index contributed by atoms with van der Waals surface area (Å²) in [5.74, 6) is 0.793. The minimum Gasteiger partial charge on any atom is -0.494 e. The first kappa shape index (κ1) is 18.5. The molecule has 1 aromatic rings. The van der Waals surface area contributed by atoms with Crippen molar-refractivity contribution in [3.8, 4) is 5.75 Å². The van der Waals surface area contributed by atoms with Crippen LogP contribution in [-0.2, 0) is 0 Å². The van der Waals surface area contributed by atoms with E-state index in [0.717, 1.165) is 38.3 Å². The van der Waals surface area contributed by atoms with Crippen LogP contribution in [0.1, 0.15) is 50.9 Å². The van der Waals surface area contributed by atoms with Gasteiger partial charge in [0, 0.05) is 24.7 Å². The predicted octanol–water partition coefficient (Wildman–Crippen LogP) is 3.33. The van der Waals surface area contributed by atoms with Crippen molar-refractivity contribution >= 4 is 5.91 Å². The third-order valence-corrected chi connectivity index (χ3v) is 3.70. The van der Waals surface area contributed by atoms with Crippen LogP contribution in [0.15, 0.2) is 24.3 Å². The maximum absolute atomic E-state index is 12.1. The number of amides is 1. The van der Waals surface area contributed by atoms with Crippen LogP contribution in [0.5, 0.6) is 5.75 Å². The third-order valence-electron chi connectivity index (χ3n) is 3.70. The van der Waals surface area contributed by atoms with Crippen molar-refractivity contribution < 1.29 is 9.53 Å². The van der Waals surface area contributed by atoms with Gasteiger partial charge >= 0.3 is 0 Å². The molecule has 4 heteroatoms. The Morgan fingerprint density at radius 2 is 1.91 bits per heavy atom. The summed E-state index contributed by atoms with van der Waals surface area (Å²) in [4.78, 5) is 14.4. The van der Waals surface area contributed by atoms with Gasteiger partial charge in [0.1, 0.15) is 5.75 Å². The molecule has 22 heavy (non-hydrogen) atoms. The molecule has 0 saturated heterocycles. The standard InChI is InChI=1S/C18H30N2O2/c1-5-7-14-22-17-10-8-16(9-11-17)18(21)19-12-13-20(6-2)15(3)4/h8-11,15H,5-7,12-14H2,1-4H3,(H,19,21). The molecule has 0 saturated carbocycles. The Kier molecular flexibility index (Phi) is 8.60. The van der Waals surface area contributed by atoms with Crippen LogP contribution in [-0.4, -0.2) is 43.1 Å². The number of unbranched alkanes of at least 4 members (excludes halogenated alkanes) is 1. The molecular weight excluding hydrogens is 276 g/mol. The molecule has 124 valence electrons. The maximum atomic E-state index is 12.1. The smallest absolute Gasteiger partial charge is 0.251 e. The Balaban J connectivity index is 2.39. The molecule has 0 fully saturated rings. The summed E-state index contributed by atoms with van der Waals surface area (Å²) in [6.07, 6.45) is 2.16. The fourth-order valence-corrected chi connectivity index (χ4v) is 2.23. The van der Waals surface area contributed by atoms with E-state index in [1.165, 1.54) is 0 Å². The summed E-state index contributed by atoms with van der Waals surface area (Å²) in [5, 5.41) is 2.97. The average Bonchev–Trinajstić information content (AvgIpc) is 2.52. The largest absolute Gasteiger partial charge is 0.494 e. The zero-order chi connectivity index (χ0) is 16.4. The molecule has 0 aromatic heterocycles. The number of nitrogens with one attached hydrogen (secondary N) is 1. The SMILES string of the molecule is CCCCOc1ccc(C(=O)NCCN(CC)C(C)C)cc1. The molecular formula is C18H30N2O2. The van der Waals surface area contributed by atoms with Gasteiger partial charge in [-0.2, -0.15) is 0 Å². The van der Waals surface area contributed by atoms with E-state index in [0.29, 0.717) is 18.2 Å². The van der Waals surface area contributed by atoms with E-state index in [1.807, 2.05) is 24.3 Å². The summed E-state index contributed by atoms with van der Waals surface area (Å²) in [6, 6.07) is 7.85. The van der Waals surface area contributed by atoms with E-state index >= 15 is 0 Å². The molecule has 1 rings (SSSR count). The molecule has 0 aliphatic carbocycles. The molecule has 0 radical (unpaired) electrons. The summed E-state index contributed by atoms with van der Waals surface area (Å²) >= 11 is 0. The van der Waals surface area contributed by atoms with Crippen LogP contribution in [0.3, 0.4) is 0 Å². The van der Waals surface area contributed by atoms with Crippen molar-refractivity contribution in [3.63, 3.8) is 0 Å². The van der Waals surface area contributed by atoms with Crippen LogP contribution in [0.2, 0.25) is 0 Å². The van der Waals surface area contributed by atoms with E-state index < -0.39 is 0 Å². The van der Waals surface area contributed by atoms with Crippen molar-refractivity contribution in [1.82, 2.24) is 10.2 Å². The molecule has 1 aromatic carbocycles. The lowest BCUT2D eigenvalue weighted by Crippen LogP contribution is -2.38. The van der Waals surface area contributed by atoms with Gasteiger partial charge in [-0.05, 0) is 51.1 Å². The number of hydrogen-bond acceptors (Lipinski definition) is 3. The van der Waals surface area contributed by atoms with Crippen molar-refractivity contribution in [2.75, 3.05) is 26.2 Å². The second-order valence-corrected chi connectivity index (χ2v) is 5.70. The van der Waals surface area contributed by atoms with Crippen LogP contribution in [0, 0.1) is 0 Å². The zero-order valence-corrected chi connectivity index (χ0v) is 14.4. The lowest BCUT2D eigenvalue weighted by atomic mass is 10.2. The number of benzene rings is 1. The molecule has 0 atom stereocenters. The fourth-order valence-electron chi connectivity index (χ4n) is 2.23. The van der Waals surface area contributed by atoms with Gasteiger partial charge in [0.2, 0.25) is 0 Å². The van der Waals surface area contributed by atoms with Gasteiger partial charge in [-0.3, -0.25) is 9.69 Å². The lowest BCUT2D eigenvalue weighted by Gasteiger charge is -2.24. The summed E-state index contributed by atoms with van der Waals surface area (Å²) < 4.78 is 5.60. The van der Waals surface area contributed by atoms with E-state index in [1.54, 1.807) is 0 Å². The number of rotatable bonds is 10. The predicted molar refractivity (Wildman–Crippen MR) is 91.6 cm³/mol. The number of likely N-dealkylation sites (N-methyl/N-ethyl adjacent to an activating group) is 1. The molecule has 1 amide bonds. The summed E-state index contributed by atoms with van der Waals surface area (Å²) in [7, 11) is 0. The molecule has 0 heterocycles. The first-order valence-corrected chi connectivity index (χ1v) is 8.33. The highest BCUT2D eigenvalue weighted by Gasteiger charge is 2.08. The van der Waals surface area contributed by atoms with E-state index in [-0.39, 0.29) is 5.91 Å². The van der Waals surface area contributed by atoms with Crippen LogP contribution < -0.4 is 10.1 Å². The van der Waals surface area contributed by atoms with Crippen LogP contribution >= 0.6 is 0 Å².